The van der Waals surface area contributed by atoms with E-state index in [2.05, 4.69) is 5.32 Å². The van der Waals surface area contributed by atoms with Crippen LogP contribution in [0.3, 0.4) is 0 Å². The highest BCUT2D eigenvalue weighted by atomic mass is 32.2. The van der Waals surface area contributed by atoms with E-state index in [0.29, 0.717) is 12.0 Å². The summed E-state index contributed by atoms with van der Waals surface area (Å²) >= 11 is 3.20. The number of fused-ring (bicyclic) bond motifs is 1. The lowest BCUT2D eigenvalue weighted by atomic mass is 9.95. The summed E-state index contributed by atoms with van der Waals surface area (Å²) in [6, 6.07) is -0.797. The van der Waals surface area contributed by atoms with Crippen molar-refractivity contribution >= 4 is 35.0 Å². The number of carbonyl (C=O) groups is 2. The number of amides is 1. The largest absolute Gasteiger partial charge is 0.480 e. The van der Waals surface area contributed by atoms with Crippen LogP contribution in [0.4, 0.5) is 0 Å². The van der Waals surface area contributed by atoms with Crippen LogP contribution in [0.25, 0.3) is 0 Å². The first-order valence-electron chi connectivity index (χ1n) is 6.75. The maximum absolute atomic E-state index is 12.3. The van der Waals surface area contributed by atoms with Crippen LogP contribution in [0.2, 0.25) is 0 Å². The molecule has 0 spiro atoms. The van der Waals surface area contributed by atoms with Crippen molar-refractivity contribution in [2.24, 2.45) is 0 Å². The average molecular weight is 313 g/mol. The summed E-state index contributed by atoms with van der Waals surface area (Å²) in [6.45, 7) is 0. The van der Waals surface area contributed by atoms with Gasteiger partial charge in [0.2, 0.25) is 0 Å². The molecule has 1 amide bonds. The van der Waals surface area contributed by atoms with Gasteiger partial charge in [-0.1, -0.05) is 0 Å². The average Bonchev–Trinajstić information content (AvgIpc) is 2.87. The molecule has 110 valence electrons. The molecule has 0 radical (unpaired) electrons. The second-order valence-corrected chi connectivity index (χ2v) is 6.85. The predicted molar refractivity (Wildman–Crippen MR) is 82.9 cm³/mol. The Morgan fingerprint density at radius 3 is 2.90 bits per heavy atom. The smallest absolute Gasteiger partial charge is 0.326 e. The van der Waals surface area contributed by atoms with E-state index in [-0.39, 0.29) is 5.91 Å². The van der Waals surface area contributed by atoms with Gasteiger partial charge in [-0.25, -0.2) is 4.79 Å². The second-order valence-electron chi connectivity index (χ2n) is 4.90. The van der Waals surface area contributed by atoms with E-state index in [1.54, 1.807) is 23.1 Å². The van der Waals surface area contributed by atoms with E-state index in [9.17, 15) is 9.59 Å². The summed E-state index contributed by atoms with van der Waals surface area (Å²) in [7, 11) is 0. The maximum Gasteiger partial charge on any atom is 0.326 e. The SMILES string of the molecule is CSCC[C@@H](NC(=O)c1csc2c1CCCC2)C(=O)O. The Morgan fingerprint density at radius 2 is 2.20 bits per heavy atom. The normalized spacial score (nSPS) is 15.4. The van der Waals surface area contributed by atoms with Gasteiger partial charge in [0.05, 0.1) is 5.56 Å². The van der Waals surface area contributed by atoms with E-state index in [1.165, 1.54) is 11.3 Å². The molecule has 0 bridgehead atoms. The molecule has 0 saturated heterocycles. The minimum absolute atomic E-state index is 0.238. The Bertz CT molecular complexity index is 499. The van der Waals surface area contributed by atoms with Crippen LogP contribution in [0.15, 0.2) is 5.38 Å². The highest BCUT2D eigenvalue weighted by Crippen LogP contribution is 2.30. The van der Waals surface area contributed by atoms with Gasteiger partial charge in [0.1, 0.15) is 6.04 Å². The van der Waals surface area contributed by atoms with Gasteiger partial charge in [0.25, 0.3) is 5.91 Å². The lowest BCUT2D eigenvalue weighted by Crippen LogP contribution is -2.41. The number of thioether (sulfide) groups is 1. The fourth-order valence-electron chi connectivity index (χ4n) is 2.41. The second kappa shape index (κ2) is 7.13. The van der Waals surface area contributed by atoms with Gasteiger partial charge in [-0.3, -0.25) is 4.79 Å². The third-order valence-corrected chi connectivity index (χ3v) is 5.25. The molecule has 2 rings (SSSR count). The molecule has 2 N–H and O–H groups in total. The van der Waals surface area contributed by atoms with Crippen LogP contribution >= 0.6 is 23.1 Å². The van der Waals surface area contributed by atoms with Gasteiger partial charge in [-0.2, -0.15) is 11.8 Å². The van der Waals surface area contributed by atoms with Crippen LogP contribution in [-0.2, 0) is 17.6 Å². The standard InChI is InChI=1S/C14H19NO3S2/c1-19-7-6-11(14(17)18)15-13(16)10-8-20-12-5-3-2-4-9(10)12/h8,11H,2-7H2,1H3,(H,15,16)(H,17,18)/t11-/m1/s1. The van der Waals surface area contributed by atoms with E-state index in [1.807, 2.05) is 11.6 Å². The molecule has 1 aliphatic carbocycles. The molecule has 0 unspecified atom stereocenters. The Morgan fingerprint density at radius 1 is 1.45 bits per heavy atom. The first-order valence-corrected chi connectivity index (χ1v) is 9.02. The number of carboxylic acid groups (broad SMARTS) is 1. The van der Waals surface area contributed by atoms with Gasteiger partial charge in [-0.15, -0.1) is 11.3 Å². The molecule has 1 aromatic rings. The fourth-order valence-corrected chi connectivity index (χ4v) is 4.01. The molecule has 1 aliphatic rings. The first kappa shape index (κ1) is 15.4. The molecule has 1 atom stereocenters. The monoisotopic (exact) mass is 313 g/mol. The van der Waals surface area contributed by atoms with Crippen molar-refractivity contribution in [3.63, 3.8) is 0 Å². The summed E-state index contributed by atoms with van der Waals surface area (Å²) in [5, 5.41) is 13.7. The zero-order valence-corrected chi connectivity index (χ0v) is 13.1. The minimum Gasteiger partial charge on any atom is -0.480 e. The van der Waals surface area contributed by atoms with Crippen LogP contribution in [0.1, 0.15) is 40.1 Å². The highest BCUT2D eigenvalue weighted by Gasteiger charge is 2.24. The van der Waals surface area contributed by atoms with Gasteiger partial charge < -0.3 is 10.4 Å². The van der Waals surface area contributed by atoms with Crippen molar-refractivity contribution < 1.29 is 14.7 Å². The summed E-state index contributed by atoms with van der Waals surface area (Å²) < 4.78 is 0. The van der Waals surface area contributed by atoms with Crippen LogP contribution in [0.5, 0.6) is 0 Å². The summed E-state index contributed by atoms with van der Waals surface area (Å²) in [4.78, 5) is 24.7. The predicted octanol–water partition coefficient (Wildman–Crippen LogP) is 2.56. The molecule has 4 nitrogen and oxygen atoms in total. The zero-order chi connectivity index (χ0) is 14.5. The summed E-state index contributed by atoms with van der Waals surface area (Å²) in [6.07, 6.45) is 6.65. The number of aliphatic carboxylic acids is 1. The number of carboxylic acids is 1. The van der Waals surface area contributed by atoms with Crippen LogP contribution in [0, 0.1) is 0 Å². The topological polar surface area (TPSA) is 66.4 Å². The number of nitrogens with one attached hydrogen (secondary N) is 1. The van der Waals surface area contributed by atoms with Crippen molar-refractivity contribution in [2.75, 3.05) is 12.0 Å². The number of carbonyl (C=O) groups excluding carboxylic acids is 1. The van der Waals surface area contributed by atoms with Crippen molar-refractivity contribution in [1.29, 1.82) is 0 Å². The molecule has 0 aromatic carbocycles. The quantitative estimate of drug-likeness (QED) is 0.847. The summed E-state index contributed by atoms with van der Waals surface area (Å²) in [5.74, 6) is -0.478. The molecule has 6 heteroatoms. The van der Waals surface area contributed by atoms with Crippen molar-refractivity contribution in [1.82, 2.24) is 5.32 Å². The van der Waals surface area contributed by atoms with E-state index >= 15 is 0 Å². The van der Waals surface area contributed by atoms with Crippen molar-refractivity contribution in [3.8, 4) is 0 Å². The molecule has 20 heavy (non-hydrogen) atoms. The Kier molecular flexibility index (Phi) is 5.48. The number of rotatable bonds is 6. The number of hydrogen-bond acceptors (Lipinski definition) is 4. The third kappa shape index (κ3) is 3.55. The number of hydrogen-bond donors (Lipinski definition) is 2. The highest BCUT2D eigenvalue weighted by molar-refractivity contribution is 7.98. The Hall–Kier alpha value is -1.01. The van der Waals surface area contributed by atoms with Gasteiger partial charge in [0, 0.05) is 10.3 Å². The Labute approximate surface area is 127 Å². The first-order chi connectivity index (χ1) is 9.63. The van der Waals surface area contributed by atoms with E-state index < -0.39 is 12.0 Å². The van der Waals surface area contributed by atoms with Gasteiger partial charge >= 0.3 is 5.97 Å². The van der Waals surface area contributed by atoms with E-state index in [0.717, 1.165) is 30.6 Å². The van der Waals surface area contributed by atoms with Gasteiger partial charge in [-0.05, 0) is 49.7 Å². The lowest BCUT2D eigenvalue weighted by molar-refractivity contribution is -0.139. The van der Waals surface area contributed by atoms with Crippen LogP contribution in [-0.4, -0.2) is 35.0 Å². The van der Waals surface area contributed by atoms with E-state index in [4.69, 9.17) is 5.11 Å². The molecule has 0 fully saturated rings. The molecular formula is C14H19NO3S2. The number of aryl methyl sites for hydroxylation is 1. The molecule has 0 saturated carbocycles. The number of thiophene rings is 1. The maximum atomic E-state index is 12.3. The molecular weight excluding hydrogens is 294 g/mol. The van der Waals surface area contributed by atoms with Crippen molar-refractivity contribution in [2.45, 2.75) is 38.1 Å². The lowest BCUT2D eigenvalue weighted by Gasteiger charge is -2.16. The molecule has 1 heterocycles. The summed E-state index contributed by atoms with van der Waals surface area (Å²) in [5.41, 5.74) is 1.81. The Balaban J connectivity index is 2.06. The van der Waals surface area contributed by atoms with Crippen LogP contribution < -0.4 is 5.32 Å². The molecule has 0 aliphatic heterocycles. The van der Waals surface area contributed by atoms with Gasteiger partial charge in [0.15, 0.2) is 0 Å². The molecule has 1 aromatic heterocycles. The third-order valence-electron chi connectivity index (χ3n) is 3.52. The fraction of sp³-hybridized carbons (Fsp3) is 0.571. The zero-order valence-electron chi connectivity index (χ0n) is 11.5. The minimum atomic E-state index is -0.962. The van der Waals surface area contributed by atoms with Crippen molar-refractivity contribution in [3.05, 3.63) is 21.4 Å².